The molecule has 0 amide bonds. The summed E-state index contributed by atoms with van der Waals surface area (Å²) in [6.07, 6.45) is -2.17. The predicted molar refractivity (Wildman–Crippen MR) is 61.1 cm³/mol. The number of cyclic esters (lactones) is 1. The van der Waals surface area contributed by atoms with E-state index in [9.17, 15) is 19.8 Å². The van der Waals surface area contributed by atoms with E-state index in [4.69, 9.17) is 14.6 Å². The van der Waals surface area contributed by atoms with E-state index >= 15 is 0 Å². The summed E-state index contributed by atoms with van der Waals surface area (Å²) < 4.78 is 10.2. The van der Waals surface area contributed by atoms with Crippen LogP contribution in [-0.4, -0.2) is 64.2 Å². The van der Waals surface area contributed by atoms with Gasteiger partial charge in [-0.05, 0) is 12.8 Å². The van der Waals surface area contributed by atoms with E-state index in [-0.39, 0.29) is 0 Å². The average Bonchev–Trinajstić information content (AvgIpc) is 2.68. The molecule has 108 valence electrons. The molecule has 1 heterocycles. The fourth-order valence-corrected chi connectivity index (χ4v) is 2.46. The molecule has 0 aromatic carbocycles. The molecule has 0 aromatic rings. The molecule has 1 aliphatic carbocycles. The van der Waals surface area contributed by atoms with Crippen molar-refractivity contribution in [3.05, 3.63) is 0 Å². The first-order chi connectivity index (χ1) is 9.04. The number of aliphatic hydroxyl groups is 3. The fourth-order valence-electron chi connectivity index (χ4n) is 2.46. The van der Waals surface area contributed by atoms with E-state index in [1.54, 1.807) is 0 Å². The lowest BCUT2D eigenvalue weighted by atomic mass is 9.94. The van der Waals surface area contributed by atoms with Crippen LogP contribution < -0.4 is 0 Å². The number of esters is 1. The lowest BCUT2D eigenvalue weighted by Gasteiger charge is -2.31. The van der Waals surface area contributed by atoms with Gasteiger partial charge in [0.25, 0.3) is 5.78 Å². The summed E-state index contributed by atoms with van der Waals surface area (Å²) in [7, 11) is 0. The van der Waals surface area contributed by atoms with Crippen LogP contribution in [0.25, 0.3) is 0 Å². The minimum absolute atomic E-state index is 0.550. The molecule has 5 atom stereocenters. The second-order valence-corrected chi connectivity index (χ2v) is 4.93. The molecule has 1 saturated heterocycles. The van der Waals surface area contributed by atoms with Crippen LogP contribution in [0.1, 0.15) is 25.7 Å². The Morgan fingerprint density at radius 2 is 2.00 bits per heavy atom. The summed E-state index contributed by atoms with van der Waals surface area (Å²) in [6, 6.07) is 0. The third-order valence-corrected chi connectivity index (χ3v) is 3.56. The van der Waals surface area contributed by atoms with Crippen molar-refractivity contribution < 1.29 is 34.4 Å². The van der Waals surface area contributed by atoms with Crippen LogP contribution >= 0.6 is 0 Å². The lowest BCUT2D eigenvalue weighted by molar-refractivity contribution is -0.154. The summed E-state index contributed by atoms with van der Waals surface area (Å²) in [5.74, 6) is -1.96. The first kappa shape index (κ1) is 14.4. The molecular formula is C12H18O7. The minimum atomic E-state index is -1.37. The summed E-state index contributed by atoms with van der Waals surface area (Å²) in [6.45, 7) is -0.641. The number of ketones is 1. The monoisotopic (exact) mass is 274 g/mol. The van der Waals surface area contributed by atoms with Gasteiger partial charge < -0.3 is 24.8 Å². The number of aliphatic hydroxyl groups excluding tert-OH is 3. The smallest absolute Gasteiger partial charge is 0.378 e. The van der Waals surface area contributed by atoms with Crippen LogP contribution in [-0.2, 0) is 19.1 Å². The zero-order chi connectivity index (χ0) is 14.0. The number of carbonyl (C=O) groups excluding carboxylic acids is 2. The highest BCUT2D eigenvalue weighted by atomic mass is 16.6. The maximum atomic E-state index is 11.6. The Morgan fingerprint density at radius 1 is 1.32 bits per heavy atom. The van der Waals surface area contributed by atoms with Gasteiger partial charge in [0, 0.05) is 0 Å². The van der Waals surface area contributed by atoms with Gasteiger partial charge in [0.1, 0.15) is 6.10 Å². The third-order valence-electron chi connectivity index (χ3n) is 3.56. The molecule has 2 rings (SSSR count). The number of hydrogen-bond acceptors (Lipinski definition) is 7. The van der Waals surface area contributed by atoms with Crippen molar-refractivity contribution in [1.29, 1.82) is 0 Å². The van der Waals surface area contributed by atoms with E-state index < -0.39 is 48.9 Å². The maximum absolute atomic E-state index is 11.6. The Hall–Kier alpha value is -1.02. The quantitative estimate of drug-likeness (QED) is 0.423. The molecule has 0 radical (unpaired) electrons. The molecule has 7 heteroatoms. The Morgan fingerprint density at radius 3 is 2.63 bits per heavy atom. The molecule has 2 fully saturated rings. The number of ether oxygens (including phenoxy) is 2. The highest BCUT2D eigenvalue weighted by molar-refractivity contribution is 6.37. The number of Topliss-reactive ketones (excluding diaryl/α,β-unsaturated/α-hetero) is 1. The van der Waals surface area contributed by atoms with Crippen molar-refractivity contribution in [1.82, 2.24) is 0 Å². The van der Waals surface area contributed by atoms with Crippen LogP contribution in [0, 0.1) is 0 Å². The van der Waals surface area contributed by atoms with Gasteiger partial charge in [0.15, 0.2) is 12.2 Å². The number of rotatable bonds is 4. The topological polar surface area (TPSA) is 113 Å². The van der Waals surface area contributed by atoms with E-state index in [1.807, 2.05) is 0 Å². The molecule has 1 aliphatic heterocycles. The third kappa shape index (κ3) is 2.94. The van der Waals surface area contributed by atoms with Gasteiger partial charge in [-0.1, -0.05) is 12.8 Å². The van der Waals surface area contributed by atoms with Gasteiger partial charge >= 0.3 is 5.97 Å². The van der Waals surface area contributed by atoms with Gasteiger partial charge in [-0.2, -0.15) is 0 Å². The molecule has 3 unspecified atom stereocenters. The second-order valence-electron chi connectivity index (χ2n) is 4.93. The zero-order valence-electron chi connectivity index (χ0n) is 10.4. The van der Waals surface area contributed by atoms with Crippen molar-refractivity contribution in [2.45, 2.75) is 56.2 Å². The van der Waals surface area contributed by atoms with Crippen molar-refractivity contribution in [2.24, 2.45) is 0 Å². The summed E-state index contributed by atoms with van der Waals surface area (Å²) >= 11 is 0. The molecule has 0 spiro atoms. The Balaban J connectivity index is 2.06. The number of carbonyl (C=O) groups is 2. The molecule has 0 aromatic heterocycles. The first-order valence-electron chi connectivity index (χ1n) is 6.42. The lowest BCUT2D eigenvalue weighted by Crippen LogP contribution is -2.45. The summed E-state index contributed by atoms with van der Waals surface area (Å²) in [5.41, 5.74) is 0. The van der Waals surface area contributed by atoms with Crippen molar-refractivity contribution in [2.75, 3.05) is 6.61 Å². The molecule has 3 N–H and O–H groups in total. The second kappa shape index (κ2) is 5.96. The Labute approximate surface area is 110 Å². The van der Waals surface area contributed by atoms with Gasteiger partial charge in [0.2, 0.25) is 0 Å². The number of hydrogen-bond donors (Lipinski definition) is 3. The van der Waals surface area contributed by atoms with Crippen LogP contribution in [0.4, 0.5) is 0 Å². The Bertz CT molecular complexity index is 356. The average molecular weight is 274 g/mol. The molecule has 7 nitrogen and oxygen atoms in total. The SMILES string of the molecule is O=C1O[C@H]([C@@H](O)CO)C(OC2CCCCC2O)C1=O. The van der Waals surface area contributed by atoms with E-state index in [0.717, 1.165) is 12.8 Å². The van der Waals surface area contributed by atoms with Gasteiger partial charge in [-0.3, -0.25) is 4.79 Å². The zero-order valence-corrected chi connectivity index (χ0v) is 10.4. The molecule has 0 bridgehead atoms. The molecule has 19 heavy (non-hydrogen) atoms. The highest BCUT2D eigenvalue weighted by Crippen LogP contribution is 2.27. The minimum Gasteiger partial charge on any atom is -0.450 e. The highest BCUT2D eigenvalue weighted by Gasteiger charge is 2.49. The van der Waals surface area contributed by atoms with Crippen molar-refractivity contribution in [3.63, 3.8) is 0 Å². The van der Waals surface area contributed by atoms with E-state index in [1.165, 1.54) is 0 Å². The largest absolute Gasteiger partial charge is 0.450 e. The Kier molecular flexibility index (Phi) is 4.51. The van der Waals surface area contributed by atoms with Crippen molar-refractivity contribution in [3.8, 4) is 0 Å². The van der Waals surface area contributed by atoms with Gasteiger partial charge in [-0.15, -0.1) is 0 Å². The van der Waals surface area contributed by atoms with E-state index in [2.05, 4.69) is 0 Å². The van der Waals surface area contributed by atoms with Crippen LogP contribution in [0.15, 0.2) is 0 Å². The van der Waals surface area contributed by atoms with Gasteiger partial charge in [0.05, 0.1) is 18.8 Å². The van der Waals surface area contributed by atoms with Crippen LogP contribution in [0.2, 0.25) is 0 Å². The van der Waals surface area contributed by atoms with Crippen molar-refractivity contribution >= 4 is 11.8 Å². The fraction of sp³-hybridized carbons (Fsp3) is 0.833. The molecule has 2 aliphatic rings. The first-order valence-corrected chi connectivity index (χ1v) is 6.42. The maximum Gasteiger partial charge on any atom is 0.378 e. The predicted octanol–water partition coefficient (Wildman–Crippen LogP) is -1.48. The van der Waals surface area contributed by atoms with Crippen LogP contribution in [0.5, 0.6) is 0 Å². The molecule has 1 saturated carbocycles. The van der Waals surface area contributed by atoms with Gasteiger partial charge in [-0.25, -0.2) is 4.79 Å². The summed E-state index contributed by atoms with van der Waals surface area (Å²) in [4.78, 5) is 22.9. The van der Waals surface area contributed by atoms with E-state index in [0.29, 0.717) is 12.8 Å². The summed E-state index contributed by atoms with van der Waals surface area (Å²) in [5, 5.41) is 28.2. The van der Waals surface area contributed by atoms with Crippen LogP contribution in [0.3, 0.4) is 0 Å². The molecular weight excluding hydrogens is 256 g/mol. The standard InChI is InChI=1S/C12H18O7/c13-5-7(15)10-11(9(16)12(17)19-10)18-8-4-2-1-3-6(8)14/h6-8,10-11,13-15H,1-5H2/t6?,7-,8?,10+,11?/m0/s1. The normalized spacial score (nSPS) is 37.2.